The minimum atomic E-state index is -5.08. The fourth-order valence-corrected chi connectivity index (χ4v) is 5.18. The second-order valence-electron chi connectivity index (χ2n) is 9.29. The highest BCUT2D eigenvalue weighted by Gasteiger charge is 2.57. The summed E-state index contributed by atoms with van der Waals surface area (Å²) >= 11 is 0. The molecule has 0 bridgehead atoms. The zero-order valence-corrected chi connectivity index (χ0v) is 20.1. The van der Waals surface area contributed by atoms with E-state index in [1.54, 1.807) is 12.4 Å². The predicted molar refractivity (Wildman–Crippen MR) is 123 cm³/mol. The lowest BCUT2D eigenvalue weighted by Gasteiger charge is -2.42. The van der Waals surface area contributed by atoms with Gasteiger partial charge in [0.15, 0.2) is 5.71 Å². The topological polar surface area (TPSA) is 121 Å². The summed E-state index contributed by atoms with van der Waals surface area (Å²) in [6.07, 6.45) is 4.54. The van der Waals surface area contributed by atoms with E-state index in [9.17, 15) is 22.8 Å². The van der Waals surface area contributed by atoms with Crippen molar-refractivity contribution < 1.29 is 37.5 Å². The Labute approximate surface area is 207 Å². The number of carbonyl (C=O) groups excluding carboxylic acids is 2. The molecular weight excluding hydrogens is 481 g/mol. The number of aromatic nitrogens is 1. The predicted octanol–water partition coefficient (Wildman–Crippen LogP) is 2.95. The summed E-state index contributed by atoms with van der Waals surface area (Å²) in [5.41, 5.74) is 1.73. The lowest BCUT2D eigenvalue weighted by atomic mass is 9.68. The summed E-state index contributed by atoms with van der Waals surface area (Å²) in [7, 11) is 0. The van der Waals surface area contributed by atoms with Crippen molar-refractivity contribution in [2.75, 3.05) is 19.6 Å². The molecule has 1 saturated heterocycles. The third kappa shape index (κ3) is 6.52. The molecule has 3 aliphatic rings. The van der Waals surface area contributed by atoms with Crippen molar-refractivity contribution in [3.63, 3.8) is 0 Å². The van der Waals surface area contributed by atoms with Crippen LogP contribution in [-0.4, -0.2) is 70.4 Å². The van der Waals surface area contributed by atoms with Crippen LogP contribution in [0.15, 0.2) is 29.7 Å². The molecule has 1 spiro atoms. The first-order chi connectivity index (χ1) is 17.1. The largest absolute Gasteiger partial charge is 0.490 e. The van der Waals surface area contributed by atoms with Gasteiger partial charge in [-0.1, -0.05) is 12.1 Å². The number of amides is 2. The number of carboxylic acid groups (broad SMARTS) is 1. The molecule has 2 atom stereocenters. The van der Waals surface area contributed by atoms with Gasteiger partial charge in [0.1, 0.15) is 6.10 Å². The minimum absolute atomic E-state index is 0.00819. The molecule has 2 N–H and O–H groups in total. The van der Waals surface area contributed by atoms with E-state index in [2.05, 4.69) is 15.5 Å². The minimum Gasteiger partial charge on any atom is -0.475 e. The van der Waals surface area contributed by atoms with Crippen molar-refractivity contribution in [3.8, 4) is 0 Å². The van der Waals surface area contributed by atoms with Gasteiger partial charge in [-0.2, -0.15) is 13.2 Å². The Morgan fingerprint density at radius 3 is 2.42 bits per heavy atom. The molecular formula is C24H31F3N4O5. The number of oxime groups is 1. The molecule has 1 aromatic heterocycles. The third-order valence-corrected chi connectivity index (χ3v) is 7.04. The van der Waals surface area contributed by atoms with E-state index in [1.165, 1.54) is 0 Å². The quantitative estimate of drug-likeness (QED) is 0.605. The third-order valence-electron chi connectivity index (χ3n) is 7.04. The first-order valence-corrected chi connectivity index (χ1v) is 12.1. The van der Waals surface area contributed by atoms with Gasteiger partial charge in [-0.25, -0.2) is 4.79 Å². The number of pyridine rings is 1. The standard InChI is InChI=1S/C22H30N4O3.C2HF3O2/c1-2-3-18(27)26-14-9-22(10-15-26)8-4-17-19(22)20(25-29-17)21(28)24-13-7-16-5-11-23-12-6-16;3-2(4,5)1(6)7/h5-6,11-12,17,19H,2-4,7-10,13-15H2,1H3,(H,24,28);(H,6,7)/t17-,19+;/m0./s1. The summed E-state index contributed by atoms with van der Waals surface area (Å²) in [5.74, 6) is -2.57. The molecule has 12 heteroatoms. The number of nitrogens with one attached hydrogen (secondary N) is 1. The normalized spacial score (nSPS) is 22.1. The molecule has 1 aliphatic carbocycles. The molecule has 2 aliphatic heterocycles. The Balaban J connectivity index is 0.000000454. The molecule has 3 heterocycles. The van der Waals surface area contributed by atoms with Crippen LogP contribution in [-0.2, 0) is 25.6 Å². The van der Waals surface area contributed by atoms with Crippen LogP contribution < -0.4 is 5.32 Å². The van der Waals surface area contributed by atoms with Gasteiger partial charge in [-0.05, 0) is 61.6 Å². The molecule has 2 fully saturated rings. The van der Waals surface area contributed by atoms with E-state index in [4.69, 9.17) is 14.7 Å². The lowest BCUT2D eigenvalue weighted by Crippen LogP contribution is -2.49. The Hall–Kier alpha value is -3.18. The van der Waals surface area contributed by atoms with Crippen molar-refractivity contribution in [3.05, 3.63) is 30.1 Å². The van der Waals surface area contributed by atoms with Crippen LogP contribution in [0.25, 0.3) is 0 Å². The molecule has 0 aromatic carbocycles. The molecule has 198 valence electrons. The number of halogens is 3. The van der Waals surface area contributed by atoms with Gasteiger partial charge in [-0.3, -0.25) is 14.6 Å². The molecule has 4 rings (SSSR count). The van der Waals surface area contributed by atoms with Gasteiger partial charge in [0.2, 0.25) is 5.91 Å². The molecule has 2 amide bonds. The second kappa shape index (κ2) is 11.7. The van der Waals surface area contributed by atoms with Gasteiger partial charge in [0, 0.05) is 38.4 Å². The van der Waals surface area contributed by atoms with E-state index in [0.717, 1.165) is 57.2 Å². The lowest BCUT2D eigenvalue weighted by molar-refractivity contribution is -0.192. The van der Waals surface area contributed by atoms with Gasteiger partial charge in [0.25, 0.3) is 5.91 Å². The summed E-state index contributed by atoms with van der Waals surface area (Å²) < 4.78 is 31.7. The molecule has 0 radical (unpaired) electrons. The molecule has 9 nitrogen and oxygen atoms in total. The van der Waals surface area contributed by atoms with Gasteiger partial charge in [0.05, 0.1) is 5.92 Å². The monoisotopic (exact) mass is 512 g/mol. The van der Waals surface area contributed by atoms with Crippen molar-refractivity contribution in [2.24, 2.45) is 16.5 Å². The Morgan fingerprint density at radius 1 is 1.19 bits per heavy atom. The van der Waals surface area contributed by atoms with Crippen LogP contribution in [0.3, 0.4) is 0 Å². The highest BCUT2D eigenvalue weighted by Crippen LogP contribution is 2.54. The first kappa shape index (κ1) is 27.4. The van der Waals surface area contributed by atoms with Gasteiger partial charge >= 0.3 is 12.1 Å². The van der Waals surface area contributed by atoms with Gasteiger partial charge < -0.3 is 20.2 Å². The SMILES string of the molecule is CCCC(=O)N1CCC2(CC[C@@H]3ON=C(C(=O)NCCc4ccncc4)[C@@H]32)CC1.O=C(O)C(F)(F)F. The average molecular weight is 513 g/mol. The van der Waals surface area contributed by atoms with E-state index in [0.29, 0.717) is 18.7 Å². The van der Waals surface area contributed by atoms with Crippen molar-refractivity contribution in [1.29, 1.82) is 0 Å². The Kier molecular flexibility index (Phi) is 8.91. The number of fused-ring (bicyclic) bond motifs is 2. The molecule has 36 heavy (non-hydrogen) atoms. The van der Waals surface area contributed by atoms with E-state index in [1.807, 2.05) is 24.0 Å². The highest BCUT2D eigenvalue weighted by molar-refractivity contribution is 6.40. The van der Waals surface area contributed by atoms with Crippen LogP contribution >= 0.6 is 0 Å². The number of carbonyl (C=O) groups is 3. The van der Waals surface area contributed by atoms with Crippen LogP contribution in [0, 0.1) is 11.3 Å². The van der Waals surface area contributed by atoms with Crippen LogP contribution in [0.4, 0.5) is 13.2 Å². The van der Waals surface area contributed by atoms with Crippen LogP contribution in [0.2, 0.25) is 0 Å². The number of hydrogen-bond donors (Lipinski definition) is 2. The molecule has 0 unspecified atom stereocenters. The maximum atomic E-state index is 12.9. The summed E-state index contributed by atoms with van der Waals surface area (Å²) in [6.45, 7) is 4.15. The number of likely N-dealkylation sites (tertiary alicyclic amines) is 1. The van der Waals surface area contributed by atoms with Crippen LogP contribution in [0.1, 0.15) is 51.0 Å². The molecule has 1 aromatic rings. The number of carboxylic acids is 1. The number of nitrogens with zero attached hydrogens (tertiary/aromatic N) is 3. The van der Waals surface area contributed by atoms with Crippen LogP contribution in [0.5, 0.6) is 0 Å². The average Bonchev–Trinajstić information content (AvgIpc) is 3.42. The number of aliphatic carboxylic acids is 1. The second-order valence-corrected chi connectivity index (χ2v) is 9.29. The van der Waals surface area contributed by atoms with Crippen molar-refractivity contribution >= 4 is 23.5 Å². The highest BCUT2D eigenvalue weighted by atomic mass is 19.4. The van der Waals surface area contributed by atoms with E-state index in [-0.39, 0.29) is 29.3 Å². The van der Waals surface area contributed by atoms with E-state index >= 15 is 0 Å². The first-order valence-electron chi connectivity index (χ1n) is 12.1. The number of alkyl halides is 3. The zero-order chi connectivity index (χ0) is 26.3. The van der Waals surface area contributed by atoms with Gasteiger partial charge in [-0.15, -0.1) is 0 Å². The maximum absolute atomic E-state index is 12.9. The summed E-state index contributed by atoms with van der Waals surface area (Å²) in [4.78, 5) is 45.7. The smallest absolute Gasteiger partial charge is 0.475 e. The number of piperidine rings is 1. The fourth-order valence-electron chi connectivity index (χ4n) is 5.18. The number of rotatable bonds is 6. The molecule has 1 saturated carbocycles. The summed E-state index contributed by atoms with van der Waals surface area (Å²) in [5, 5.41) is 14.3. The number of hydrogen-bond acceptors (Lipinski definition) is 6. The Bertz CT molecular complexity index is 962. The maximum Gasteiger partial charge on any atom is 0.490 e. The van der Waals surface area contributed by atoms with Crippen molar-refractivity contribution in [1.82, 2.24) is 15.2 Å². The summed E-state index contributed by atoms with van der Waals surface area (Å²) in [6, 6.07) is 3.91. The van der Waals surface area contributed by atoms with Crippen molar-refractivity contribution in [2.45, 2.75) is 64.1 Å². The zero-order valence-electron chi connectivity index (χ0n) is 20.1. The Morgan fingerprint density at radius 2 is 1.83 bits per heavy atom. The van der Waals surface area contributed by atoms with E-state index < -0.39 is 12.1 Å². The fraction of sp³-hybridized carbons (Fsp3) is 0.625.